The molecular formula is C17H14Cl3NO3S. The molecule has 0 spiro atoms. The van der Waals surface area contributed by atoms with E-state index in [1.54, 1.807) is 6.92 Å². The van der Waals surface area contributed by atoms with Crippen LogP contribution in [-0.4, -0.2) is 18.5 Å². The van der Waals surface area contributed by atoms with Gasteiger partial charge in [0.2, 0.25) is 0 Å². The van der Waals surface area contributed by atoms with E-state index in [-0.39, 0.29) is 27.2 Å². The number of aryl methyl sites for hydroxylation is 1. The third-order valence-electron chi connectivity index (χ3n) is 3.90. The molecule has 0 radical (unpaired) electrons. The monoisotopic (exact) mass is 417 g/mol. The average molecular weight is 419 g/mol. The Kier molecular flexibility index (Phi) is 5.58. The van der Waals surface area contributed by atoms with Crippen LogP contribution in [0.1, 0.15) is 44.5 Å². The molecular weight excluding hydrogens is 405 g/mol. The van der Waals surface area contributed by atoms with Gasteiger partial charge in [-0.05, 0) is 43.9 Å². The summed E-state index contributed by atoms with van der Waals surface area (Å²) in [5.41, 5.74) is 1.48. The second-order valence-electron chi connectivity index (χ2n) is 5.45. The van der Waals surface area contributed by atoms with Crippen LogP contribution in [0.25, 0.3) is 0 Å². The lowest BCUT2D eigenvalue weighted by molar-refractivity contribution is 0.0527. The summed E-state index contributed by atoms with van der Waals surface area (Å²) >= 11 is 19.6. The van der Waals surface area contributed by atoms with Crippen molar-refractivity contribution < 1.29 is 14.3 Å². The van der Waals surface area contributed by atoms with E-state index >= 15 is 0 Å². The topological polar surface area (TPSA) is 55.4 Å². The first-order chi connectivity index (χ1) is 11.9. The number of carbonyl (C=O) groups is 2. The Morgan fingerprint density at radius 2 is 1.88 bits per heavy atom. The van der Waals surface area contributed by atoms with Crippen molar-refractivity contribution in [3.63, 3.8) is 0 Å². The smallest absolute Gasteiger partial charge is 0.341 e. The molecule has 25 heavy (non-hydrogen) atoms. The molecule has 8 heteroatoms. The first-order valence-electron chi connectivity index (χ1n) is 7.70. The number of benzene rings is 1. The number of amides is 1. The van der Waals surface area contributed by atoms with Crippen LogP contribution < -0.4 is 5.32 Å². The molecule has 1 aliphatic rings. The predicted octanol–water partition coefficient (Wildman–Crippen LogP) is 5.63. The highest BCUT2D eigenvalue weighted by Gasteiger charge is 2.29. The van der Waals surface area contributed by atoms with Gasteiger partial charge >= 0.3 is 5.97 Å². The maximum absolute atomic E-state index is 12.7. The highest BCUT2D eigenvalue weighted by molar-refractivity contribution is 7.17. The van der Waals surface area contributed by atoms with Gasteiger partial charge in [-0.1, -0.05) is 34.8 Å². The molecule has 1 amide bonds. The molecule has 0 unspecified atom stereocenters. The molecule has 132 valence electrons. The number of thiophene rings is 1. The zero-order valence-electron chi connectivity index (χ0n) is 13.3. The number of rotatable bonds is 4. The molecule has 1 heterocycles. The predicted molar refractivity (Wildman–Crippen MR) is 102 cm³/mol. The fraction of sp³-hybridized carbons (Fsp3) is 0.294. The maximum atomic E-state index is 12.7. The first-order valence-corrected chi connectivity index (χ1v) is 9.65. The van der Waals surface area contributed by atoms with Gasteiger partial charge in [0.25, 0.3) is 5.91 Å². The Bertz CT molecular complexity index is 863. The zero-order valence-corrected chi connectivity index (χ0v) is 16.3. The van der Waals surface area contributed by atoms with E-state index in [2.05, 4.69) is 5.32 Å². The summed E-state index contributed by atoms with van der Waals surface area (Å²) < 4.78 is 5.15. The summed E-state index contributed by atoms with van der Waals surface area (Å²) in [5.74, 6) is -0.941. The summed E-state index contributed by atoms with van der Waals surface area (Å²) in [5, 5.41) is 3.71. The molecule has 4 nitrogen and oxygen atoms in total. The SMILES string of the molecule is CCOC(=O)c1c(NC(=O)c2c(Cl)ccc(Cl)c2Cl)sc2c1CCC2. The van der Waals surface area contributed by atoms with E-state index in [0.29, 0.717) is 10.6 Å². The molecule has 1 aromatic heterocycles. The molecule has 1 aromatic carbocycles. The summed E-state index contributed by atoms with van der Waals surface area (Å²) in [7, 11) is 0. The normalized spacial score (nSPS) is 12.8. The van der Waals surface area contributed by atoms with Gasteiger partial charge in [-0.15, -0.1) is 11.3 Å². The van der Waals surface area contributed by atoms with E-state index in [1.807, 2.05) is 0 Å². The summed E-state index contributed by atoms with van der Waals surface area (Å²) in [6.45, 7) is 2.01. The fourth-order valence-corrected chi connectivity index (χ4v) is 4.78. The standard InChI is InChI=1S/C17H14Cl3NO3S/c1-2-24-17(23)12-8-4-3-5-11(8)25-16(12)21-15(22)13-9(18)6-7-10(19)14(13)20/h6-7H,2-5H2,1H3,(H,21,22). The van der Waals surface area contributed by atoms with Crippen molar-refractivity contribution >= 4 is 63.0 Å². The molecule has 2 aromatic rings. The van der Waals surface area contributed by atoms with Crippen LogP contribution in [-0.2, 0) is 17.6 Å². The molecule has 0 saturated heterocycles. The van der Waals surface area contributed by atoms with Crippen LogP contribution in [0.4, 0.5) is 5.00 Å². The maximum Gasteiger partial charge on any atom is 0.341 e. The number of ether oxygens (including phenoxy) is 1. The van der Waals surface area contributed by atoms with Gasteiger partial charge in [0.15, 0.2) is 0 Å². The molecule has 1 aliphatic carbocycles. The van der Waals surface area contributed by atoms with Gasteiger partial charge in [0.1, 0.15) is 5.00 Å². The molecule has 0 atom stereocenters. The Morgan fingerprint density at radius 1 is 1.16 bits per heavy atom. The molecule has 0 aliphatic heterocycles. The summed E-state index contributed by atoms with van der Waals surface area (Å²) in [4.78, 5) is 26.1. The molecule has 3 rings (SSSR count). The summed E-state index contributed by atoms with van der Waals surface area (Å²) in [6.07, 6.45) is 2.68. The van der Waals surface area contributed by atoms with Crippen LogP contribution >= 0.6 is 46.1 Å². The van der Waals surface area contributed by atoms with Crippen molar-refractivity contribution in [2.45, 2.75) is 26.2 Å². The van der Waals surface area contributed by atoms with Crippen LogP contribution in [0.5, 0.6) is 0 Å². The minimum absolute atomic E-state index is 0.0773. The third kappa shape index (κ3) is 3.51. The van der Waals surface area contributed by atoms with E-state index in [4.69, 9.17) is 39.5 Å². The lowest BCUT2D eigenvalue weighted by Crippen LogP contribution is -2.16. The Labute approximate surface area is 164 Å². The lowest BCUT2D eigenvalue weighted by atomic mass is 10.1. The number of carbonyl (C=O) groups excluding carboxylic acids is 2. The van der Waals surface area contributed by atoms with Gasteiger partial charge in [-0.3, -0.25) is 4.79 Å². The molecule has 0 saturated carbocycles. The van der Waals surface area contributed by atoms with Crippen molar-refractivity contribution in [1.29, 1.82) is 0 Å². The van der Waals surface area contributed by atoms with Crippen LogP contribution in [0.2, 0.25) is 15.1 Å². The Morgan fingerprint density at radius 3 is 2.60 bits per heavy atom. The largest absolute Gasteiger partial charge is 0.462 e. The second-order valence-corrected chi connectivity index (χ2v) is 7.75. The van der Waals surface area contributed by atoms with Gasteiger partial charge in [-0.2, -0.15) is 0 Å². The van der Waals surface area contributed by atoms with Crippen molar-refractivity contribution in [3.8, 4) is 0 Å². The zero-order chi connectivity index (χ0) is 18.1. The number of halogens is 3. The summed E-state index contributed by atoms with van der Waals surface area (Å²) in [6, 6.07) is 3.03. The molecule has 1 N–H and O–H groups in total. The van der Waals surface area contributed by atoms with Gasteiger partial charge < -0.3 is 10.1 Å². The Hall–Kier alpha value is -1.27. The molecule has 0 bridgehead atoms. The van der Waals surface area contributed by atoms with Crippen molar-refractivity contribution in [2.24, 2.45) is 0 Å². The lowest BCUT2D eigenvalue weighted by Gasteiger charge is -2.10. The number of nitrogens with one attached hydrogen (secondary N) is 1. The third-order valence-corrected chi connectivity index (χ3v) is 6.23. The fourth-order valence-electron chi connectivity index (χ4n) is 2.81. The molecule has 0 fully saturated rings. The minimum atomic E-state index is -0.511. The first kappa shape index (κ1) is 18.5. The number of hydrogen-bond donors (Lipinski definition) is 1. The quantitative estimate of drug-likeness (QED) is 0.517. The van der Waals surface area contributed by atoms with Crippen molar-refractivity contribution in [2.75, 3.05) is 11.9 Å². The average Bonchev–Trinajstić information content (AvgIpc) is 3.12. The van der Waals surface area contributed by atoms with Crippen molar-refractivity contribution in [3.05, 3.63) is 48.8 Å². The number of fused-ring (bicyclic) bond motifs is 1. The van der Waals surface area contributed by atoms with E-state index < -0.39 is 11.9 Å². The minimum Gasteiger partial charge on any atom is -0.462 e. The van der Waals surface area contributed by atoms with E-state index in [9.17, 15) is 9.59 Å². The highest BCUT2D eigenvalue weighted by Crippen LogP contribution is 2.40. The van der Waals surface area contributed by atoms with Gasteiger partial charge in [0.05, 0.1) is 32.8 Å². The van der Waals surface area contributed by atoms with Gasteiger partial charge in [-0.25, -0.2) is 4.79 Å². The van der Waals surface area contributed by atoms with E-state index in [0.717, 1.165) is 29.7 Å². The number of esters is 1. The van der Waals surface area contributed by atoms with Crippen LogP contribution in [0, 0.1) is 0 Å². The van der Waals surface area contributed by atoms with Crippen LogP contribution in [0.3, 0.4) is 0 Å². The highest BCUT2D eigenvalue weighted by atomic mass is 35.5. The number of hydrogen-bond acceptors (Lipinski definition) is 4. The number of anilines is 1. The van der Waals surface area contributed by atoms with Crippen molar-refractivity contribution in [1.82, 2.24) is 0 Å². The Balaban J connectivity index is 1.98. The van der Waals surface area contributed by atoms with Crippen LogP contribution in [0.15, 0.2) is 12.1 Å². The second kappa shape index (κ2) is 7.54. The van der Waals surface area contributed by atoms with E-state index in [1.165, 1.54) is 23.5 Å². The van der Waals surface area contributed by atoms with Gasteiger partial charge in [0, 0.05) is 4.88 Å².